The van der Waals surface area contributed by atoms with E-state index in [1.807, 2.05) is 13.8 Å². The summed E-state index contributed by atoms with van der Waals surface area (Å²) in [6.07, 6.45) is 1.77. The lowest BCUT2D eigenvalue weighted by Gasteiger charge is -2.13. The molecule has 2 aromatic rings. The maximum absolute atomic E-state index is 12.1. The Kier molecular flexibility index (Phi) is 5.57. The Hall–Kier alpha value is -1.41. The Balaban J connectivity index is 1.85. The van der Waals surface area contributed by atoms with E-state index in [4.69, 9.17) is 11.6 Å². The summed E-state index contributed by atoms with van der Waals surface area (Å²) >= 11 is 5.81. The maximum atomic E-state index is 12.1. The highest BCUT2D eigenvalue weighted by molar-refractivity contribution is 7.89. The summed E-state index contributed by atoms with van der Waals surface area (Å²) in [5.74, 6) is 0. The summed E-state index contributed by atoms with van der Waals surface area (Å²) in [7, 11) is -3.54. The number of hydrogen-bond donors (Lipinski definition) is 3. The molecule has 0 aliphatic carbocycles. The summed E-state index contributed by atoms with van der Waals surface area (Å²) in [6.45, 7) is 4.74. The maximum Gasteiger partial charge on any atom is 0.240 e. The van der Waals surface area contributed by atoms with Crippen LogP contribution in [0.1, 0.15) is 24.2 Å². The highest BCUT2D eigenvalue weighted by Crippen LogP contribution is 2.15. The van der Waals surface area contributed by atoms with E-state index in [9.17, 15) is 8.42 Å². The normalized spacial score (nSPS) is 13.2. The largest absolute Gasteiger partial charge is 0.309 e. The highest BCUT2D eigenvalue weighted by Gasteiger charge is 2.14. The molecule has 8 heteroatoms. The van der Waals surface area contributed by atoms with Gasteiger partial charge in [-0.15, -0.1) is 0 Å². The number of sulfonamides is 1. The summed E-state index contributed by atoms with van der Waals surface area (Å²) in [6, 6.07) is 6.28. The van der Waals surface area contributed by atoms with Crippen LogP contribution in [0.25, 0.3) is 0 Å². The van der Waals surface area contributed by atoms with Crippen molar-refractivity contribution >= 4 is 21.6 Å². The lowest BCUT2D eigenvalue weighted by molar-refractivity contribution is 0.552. The molecule has 3 N–H and O–H groups in total. The van der Waals surface area contributed by atoms with Crippen molar-refractivity contribution in [2.75, 3.05) is 13.1 Å². The molecule has 0 saturated heterocycles. The van der Waals surface area contributed by atoms with Crippen LogP contribution in [0.2, 0.25) is 5.02 Å². The average Bonchev–Trinajstić information content (AvgIpc) is 2.90. The van der Waals surface area contributed by atoms with Gasteiger partial charge in [0.05, 0.1) is 11.1 Å². The molecule has 6 nitrogen and oxygen atoms in total. The van der Waals surface area contributed by atoms with Crippen LogP contribution in [0, 0.1) is 6.92 Å². The third-order valence-corrected chi connectivity index (χ3v) is 5.00. The predicted octanol–water partition coefficient (Wildman–Crippen LogP) is 2.00. The number of benzene rings is 1. The molecule has 1 atom stereocenters. The van der Waals surface area contributed by atoms with Crippen LogP contribution >= 0.6 is 11.6 Å². The molecule has 0 bridgehead atoms. The fourth-order valence-electron chi connectivity index (χ4n) is 2.10. The van der Waals surface area contributed by atoms with Crippen LogP contribution in [0.3, 0.4) is 0 Å². The summed E-state index contributed by atoms with van der Waals surface area (Å²) < 4.78 is 26.7. The molecule has 1 heterocycles. The van der Waals surface area contributed by atoms with Gasteiger partial charge >= 0.3 is 0 Å². The van der Waals surface area contributed by atoms with Crippen molar-refractivity contribution in [2.45, 2.75) is 24.8 Å². The van der Waals surface area contributed by atoms with Crippen LogP contribution in [0.5, 0.6) is 0 Å². The van der Waals surface area contributed by atoms with Crippen molar-refractivity contribution in [3.05, 3.63) is 46.7 Å². The van der Waals surface area contributed by atoms with E-state index < -0.39 is 10.0 Å². The zero-order valence-corrected chi connectivity index (χ0v) is 14.0. The second-order valence-electron chi connectivity index (χ2n) is 4.98. The Morgan fingerprint density at radius 2 is 2.14 bits per heavy atom. The van der Waals surface area contributed by atoms with Gasteiger partial charge in [0.1, 0.15) is 0 Å². The molecule has 0 saturated carbocycles. The van der Waals surface area contributed by atoms with Gasteiger partial charge in [0.2, 0.25) is 10.0 Å². The van der Waals surface area contributed by atoms with Gasteiger partial charge in [0.15, 0.2) is 0 Å². The molecule has 0 amide bonds. The lowest BCUT2D eigenvalue weighted by Crippen LogP contribution is -2.33. The van der Waals surface area contributed by atoms with Gasteiger partial charge in [-0.25, -0.2) is 13.1 Å². The minimum absolute atomic E-state index is 0.0921. The van der Waals surface area contributed by atoms with Crippen molar-refractivity contribution in [3.63, 3.8) is 0 Å². The number of nitrogens with one attached hydrogen (secondary N) is 3. The van der Waals surface area contributed by atoms with Crippen molar-refractivity contribution in [1.82, 2.24) is 20.2 Å². The number of rotatable bonds is 7. The minimum atomic E-state index is -3.54. The number of aromatic nitrogens is 2. The van der Waals surface area contributed by atoms with Crippen LogP contribution < -0.4 is 10.0 Å². The molecule has 1 aromatic heterocycles. The van der Waals surface area contributed by atoms with Crippen LogP contribution in [-0.2, 0) is 10.0 Å². The average molecular weight is 343 g/mol. The quantitative estimate of drug-likeness (QED) is 0.672. The molecule has 22 heavy (non-hydrogen) atoms. The first kappa shape index (κ1) is 17.0. The topological polar surface area (TPSA) is 86.9 Å². The molecule has 1 aromatic carbocycles. The fourth-order valence-corrected chi connectivity index (χ4v) is 3.43. The minimum Gasteiger partial charge on any atom is -0.309 e. The third-order valence-electron chi connectivity index (χ3n) is 3.31. The summed E-state index contributed by atoms with van der Waals surface area (Å²) in [5.41, 5.74) is 2.07. The van der Waals surface area contributed by atoms with Gasteiger partial charge in [0, 0.05) is 35.4 Å². The number of H-pyrrole nitrogens is 1. The van der Waals surface area contributed by atoms with Crippen LogP contribution in [0.4, 0.5) is 0 Å². The molecule has 0 aliphatic heterocycles. The van der Waals surface area contributed by atoms with Gasteiger partial charge < -0.3 is 5.32 Å². The Morgan fingerprint density at radius 1 is 1.36 bits per heavy atom. The van der Waals surface area contributed by atoms with Crippen LogP contribution in [0.15, 0.2) is 35.4 Å². The van der Waals surface area contributed by atoms with E-state index in [0.717, 1.165) is 11.3 Å². The number of nitrogens with zero attached hydrogens (tertiary/aromatic N) is 1. The molecule has 2 rings (SSSR count). The highest BCUT2D eigenvalue weighted by atomic mass is 35.5. The van der Waals surface area contributed by atoms with E-state index in [2.05, 4.69) is 20.2 Å². The molecule has 1 unspecified atom stereocenters. The zero-order valence-electron chi connectivity index (χ0n) is 12.4. The van der Waals surface area contributed by atoms with Gasteiger partial charge in [-0.05, 0) is 32.0 Å². The Morgan fingerprint density at radius 3 is 2.77 bits per heavy atom. The summed E-state index contributed by atoms with van der Waals surface area (Å²) in [5, 5.41) is 10.5. The Labute approximate surface area is 135 Å². The smallest absolute Gasteiger partial charge is 0.240 e. The molecule has 0 aliphatic rings. The van der Waals surface area contributed by atoms with E-state index >= 15 is 0 Å². The number of aromatic amines is 1. The molecule has 120 valence electrons. The molecular weight excluding hydrogens is 324 g/mol. The molecular formula is C14H19ClN4O2S. The van der Waals surface area contributed by atoms with E-state index in [1.54, 1.807) is 18.3 Å². The van der Waals surface area contributed by atoms with Gasteiger partial charge in [-0.3, -0.25) is 5.10 Å². The van der Waals surface area contributed by atoms with Crippen molar-refractivity contribution in [3.8, 4) is 0 Å². The van der Waals surface area contributed by atoms with Crippen molar-refractivity contribution in [1.29, 1.82) is 0 Å². The first-order chi connectivity index (χ1) is 10.4. The monoisotopic (exact) mass is 342 g/mol. The van der Waals surface area contributed by atoms with Crippen molar-refractivity contribution < 1.29 is 8.42 Å². The first-order valence-corrected chi connectivity index (χ1v) is 8.75. The fraction of sp³-hybridized carbons (Fsp3) is 0.357. The molecule has 0 spiro atoms. The SMILES string of the molecule is Cc1[nH]ncc1C(C)NCCNS(=O)(=O)c1cccc(Cl)c1. The number of halogens is 1. The van der Waals surface area contributed by atoms with E-state index in [0.29, 0.717) is 11.6 Å². The van der Waals surface area contributed by atoms with Crippen molar-refractivity contribution in [2.24, 2.45) is 0 Å². The Bertz CT molecular complexity index is 730. The molecule has 0 fully saturated rings. The predicted molar refractivity (Wildman–Crippen MR) is 86.4 cm³/mol. The van der Waals surface area contributed by atoms with Gasteiger partial charge in [0.25, 0.3) is 0 Å². The zero-order chi connectivity index (χ0) is 16.2. The first-order valence-electron chi connectivity index (χ1n) is 6.88. The third kappa shape index (κ3) is 4.30. The second kappa shape index (κ2) is 7.23. The standard InChI is InChI=1S/C14H19ClN4O2S/c1-10(14-9-17-19-11(14)2)16-6-7-18-22(20,21)13-5-3-4-12(15)8-13/h3-5,8-10,16,18H,6-7H2,1-2H3,(H,17,19). The van der Waals surface area contributed by atoms with E-state index in [1.165, 1.54) is 12.1 Å². The number of hydrogen-bond acceptors (Lipinski definition) is 4. The van der Waals surface area contributed by atoms with Gasteiger partial charge in [-0.2, -0.15) is 5.10 Å². The number of aryl methyl sites for hydroxylation is 1. The molecule has 0 radical (unpaired) electrons. The van der Waals surface area contributed by atoms with Crippen LogP contribution in [-0.4, -0.2) is 31.7 Å². The lowest BCUT2D eigenvalue weighted by atomic mass is 10.1. The van der Waals surface area contributed by atoms with Gasteiger partial charge in [-0.1, -0.05) is 17.7 Å². The second-order valence-corrected chi connectivity index (χ2v) is 7.18. The van der Waals surface area contributed by atoms with E-state index in [-0.39, 0.29) is 17.5 Å². The summed E-state index contributed by atoms with van der Waals surface area (Å²) in [4.78, 5) is 0.165.